The zero-order chi connectivity index (χ0) is 37.9. The first-order valence-electron chi connectivity index (χ1n) is 18.8. The molecule has 56 heavy (non-hydrogen) atoms. The molecule has 262 valence electrons. The highest BCUT2D eigenvalue weighted by atomic mass is 15.0. The van der Waals surface area contributed by atoms with E-state index in [1.807, 2.05) is 12.1 Å². The first-order valence-corrected chi connectivity index (χ1v) is 18.8. The summed E-state index contributed by atoms with van der Waals surface area (Å²) in [5.41, 5.74) is 16.0. The van der Waals surface area contributed by atoms with Crippen LogP contribution in [0.1, 0.15) is 22.3 Å². The van der Waals surface area contributed by atoms with E-state index in [1.54, 1.807) is 6.07 Å². The quantitative estimate of drug-likeness (QED) is 0.178. The average Bonchev–Trinajstić information content (AvgIpc) is 3.75. The number of para-hydroxylation sites is 2. The molecular weight excluding hydrogens is 681 g/mol. The Hall–Kier alpha value is -7.66. The van der Waals surface area contributed by atoms with E-state index in [-0.39, 0.29) is 0 Å². The van der Waals surface area contributed by atoms with Crippen molar-refractivity contribution in [2.75, 3.05) is 0 Å². The lowest BCUT2D eigenvalue weighted by Gasteiger charge is -2.20. The van der Waals surface area contributed by atoms with Crippen LogP contribution >= 0.6 is 0 Å². The first-order chi connectivity index (χ1) is 27.5. The van der Waals surface area contributed by atoms with Gasteiger partial charge in [0, 0.05) is 27.1 Å². The summed E-state index contributed by atoms with van der Waals surface area (Å²) in [6, 6.07) is 64.4. The second kappa shape index (κ2) is 13.0. The maximum atomic E-state index is 10.3. The van der Waals surface area contributed by atoms with Crippen molar-refractivity contribution in [2.45, 2.75) is 13.8 Å². The maximum absolute atomic E-state index is 10.3. The van der Waals surface area contributed by atoms with E-state index >= 15 is 0 Å². The molecule has 0 saturated heterocycles. The van der Waals surface area contributed by atoms with Crippen LogP contribution in [0.4, 0.5) is 0 Å². The van der Waals surface area contributed by atoms with Crippen molar-refractivity contribution in [3.05, 3.63) is 192 Å². The van der Waals surface area contributed by atoms with Gasteiger partial charge in [0.2, 0.25) is 0 Å². The zero-order valence-corrected chi connectivity index (χ0v) is 31.0. The Morgan fingerprint density at radius 1 is 0.393 bits per heavy atom. The second-order valence-electron chi connectivity index (χ2n) is 14.5. The lowest BCUT2D eigenvalue weighted by molar-refractivity contribution is 1.11. The maximum Gasteiger partial charge on any atom is 0.101 e. The number of rotatable bonds is 5. The van der Waals surface area contributed by atoms with Gasteiger partial charge in [0.05, 0.1) is 44.6 Å². The number of nitriles is 2. The molecule has 0 saturated carbocycles. The molecule has 0 bridgehead atoms. The highest BCUT2D eigenvalue weighted by Gasteiger charge is 2.25. The summed E-state index contributed by atoms with van der Waals surface area (Å²) in [7, 11) is 0. The predicted molar refractivity (Wildman–Crippen MR) is 230 cm³/mol. The predicted octanol–water partition coefficient (Wildman–Crippen LogP) is 13.2. The minimum atomic E-state index is 0.352. The fourth-order valence-electron chi connectivity index (χ4n) is 8.70. The first kappa shape index (κ1) is 32.9. The number of nitrogens with zero attached hydrogens (tertiary/aromatic N) is 4. The Bertz CT molecular complexity index is 3160. The van der Waals surface area contributed by atoms with Gasteiger partial charge in [-0.15, -0.1) is 0 Å². The fraction of sp³-hybridized carbons (Fsp3) is 0.0385. The van der Waals surface area contributed by atoms with Crippen molar-refractivity contribution in [3.63, 3.8) is 0 Å². The Labute approximate surface area is 325 Å². The van der Waals surface area contributed by atoms with Crippen LogP contribution in [-0.2, 0) is 0 Å². The summed E-state index contributed by atoms with van der Waals surface area (Å²) in [5.74, 6) is 0. The van der Waals surface area contributed by atoms with Crippen LogP contribution in [0.15, 0.2) is 170 Å². The minimum absolute atomic E-state index is 0.352. The largest absolute Gasteiger partial charge is 0.309 e. The SMILES string of the molecule is Cc1cccc(C)c1-n1c2ccccc2c2ccc(-n3c4ccc(-c5ccccc5)cc4c4cc(-c5ccccc5)ccc43)c(-c3ccc(C#N)c(C#N)c3)c21. The van der Waals surface area contributed by atoms with Gasteiger partial charge in [-0.3, -0.25) is 0 Å². The topological polar surface area (TPSA) is 57.4 Å². The summed E-state index contributed by atoms with van der Waals surface area (Å²) in [4.78, 5) is 0. The summed E-state index contributed by atoms with van der Waals surface area (Å²) >= 11 is 0. The van der Waals surface area contributed by atoms with Crippen molar-refractivity contribution >= 4 is 43.6 Å². The molecule has 2 heterocycles. The average molecular weight is 715 g/mol. The molecule has 0 fully saturated rings. The van der Waals surface area contributed by atoms with E-state index in [2.05, 4.69) is 187 Å². The third-order valence-electron chi connectivity index (χ3n) is 11.2. The molecule has 4 heteroatoms. The van der Waals surface area contributed by atoms with Gasteiger partial charge in [-0.1, -0.05) is 121 Å². The molecule has 2 aromatic heterocycles. The van der Waals surface area contributed by atoms with Crippen molar-refractivity contribution < 1.29 is 0 Å². The van der Waals surface area contributed by atoms with Gasteiger partial charge in [0.15, 0.2) is 0 Å². The number of hydrogen-bond acceptors (Lipinski definition) is 2. The van der Waals surface area contributed by atoms with Gasteiger partial charge >= 0.3 is 0 Å². The fourth-order valence-corrected chi connectivity index (χ4v) is 8.70. The molecule has 0 amide bonds. The minimum Gasteiger partial charge on any atom is -0.309 e. The lowest BCUT2D eigenvalue weighted by Crippen LogP contribution is -2.04. The molecule has 0 aliphatic rings. The monoisotopic (exact) mass is 714 g/mol. The highest BCUT2D eigenvalue weighted by Crippen LogP contribution is 2.45. The molecule has 8 aromatic carbocycles. The van der Waals surface area contributed by atoms with E-state index < -0.39 is 0 Å². The Balaban J connectivity index is 1.39. The van der Waals surface area contributed by atoms with Gasteiger partial charge in [0.1, 0.15) is 12.1 Å². The molecule has 0 N–H and O–H groups in total. The Morgan fingerprint density at radius 2 is 0.946 bits per heavy atom. The number of hydrogen-bond donors (Lipinski definition) is 0. The standard InChI is InChI=1S/C52H34N4/c1-33-12-11-13-34(2)51(33)56-46-19-10-9-18-42(46)43-24-27-49(50(52(43)56)39-20-21-40(31-53)41(28-39)32-54)55-47-25-22-37(35-14-5-3-6-15-35)29-44(47)45-30-38(23-26-48(45)55)36-16-7-4-8-17-36/h3-30H,1-2H3. The number of aryl methyl sites for hydroxylation is 2. The van der Waals surface area contributed by atoms with Crippen LogP contribution in [0.3, 0.4) is 0 Å². The lowest BCUT2D eigenvalue weighted by atomic mass is 9.95. The number of fused-ring (bicyclic) bond motifs is 6. The van der Waals surface area contributed by atoms with Gasteiger partial charge < -0.3 is 9.13 Å². The van der Waals surface area contributed by atoms with E-state index in [4.69, 9.17) is 0 Å². The molecule has 10 rings (SSSR count). The number of benzene rings is 8. The molecule has 0 atom stereocenters. The molecule has 0 spiro atoms. The second-order valence-corrected chi connectivity index (χ2v) is 14.5. The Kier molecular flexibility index (Phi) is 7.66. The van der Waals surface area contributed by atoms with Crippen LogP contribution in [0, 0.1) is 36.5 Å². The van der Waals surface area contributed by atoms with E-state index in [1.165, 1.54) is 11.1 Å². The van der Waals surface area contributed by atoms with E-state index in [0.29, 0.717) is 11.1 Å². The van der Waals surface area contributed by atoms with Crippen LogP contribution in [-0.4, -0.2) is 9.13 Å². The van der Waals surface area contributed by atoms with E-state index in [0.717, 1.165) is 88.4 Å². The highest BCUT2D eigenvalue weighted by molar-refractivity contribution is 6.17. The molecule has 0 aliphatic heterocycles. The normalized spacial score (nSPS) is 11.4. The van der Waals surface area contributed by atoms with Crippen molar-refractivity contribution in [1.29, 1.82) is 10.5 Å². The number of aromatic nitrogens is 2. The molecule has 4 nitrogen and oxygen atoms in total. The van der Waals surface area contributed by atoms with Crippen molar-refractivity contribution in [3.8, 4) is 56.9 Å². The van der Waals surface area contributed by atoms with Crippen LogP contribution < -0.4 is 0 Å². The van der Waals surface area contributed by atoms with Gasteiger partial charge in [-0.05, 0) is 101 Å². The summed E-state index contributed by atoms with van der Waals surface area (Å²) in [6.07, 6.45) is 0. The van der Waals surface area contributed by atoms with Crippen LogP contribution in [0.5, 0.6) is 0 Å². The smallest absolute Gasteiger partial charge is 0.101 e. The van der Waals surface area contributed by atoms with Crippen LogP contribution in [0.2, 0.25) is 0 Å². The molecule has 0 unspecified atom stereocenters. The van der Waals surface area contributed by atoms with E-state index in [9.17, 15) is 10.5 Å². The molecule has 0 radical (unpaired) electrons. The summed E-state index contributed by atoms with van der Waals surface area (Å²) in [6.45, 7) is 4.34. The molecule has 10 aromatic rings. The van der Waals surface area contributed by atoms with Crippen LogP contribution in [0.25, 0.3) is 88.4 Å². The van der Waals surface area contributed by atoms with Gasteiger partial charge in [0.25, 0.3) is 0 Å². The van der Waals surface area contributed by atoms with Crippen molar-refractivity contribution in [2.24, 2.45) is 0 Å². The third kappa shape index (κ3) is 5.05. The third-order valence-corrected chi connectivity index (χ3v) is 11.2. The molecular formula is C52H34N4. The van der Waals surface area contributed by atoms with Gasteiger partial charge in [-0.25, -0.2) is 0 Å². The summed E-state index contributed by atoms with van der Waals surface area (Å²) in [5, 5.41) is 24.9. The van der Waals surface area contributed by atoms with Gasteiger partial charge in [-0.2, -0.15) is 10.5 Å². The zero-order valence-electron chi connectivity index (χ0n) is 31.0. The molecule has 0 aliphatic carbocycles. The van der Waals surface area contributed by atoms with Crippen molar-refractivity contribution in [1.82, 2.24) is 9.13 Å². The summed E-state index contributed by atoms with van der Waals surface area (Å²) < 4.78 is 4.80. The Morgan fingerprint density at radius 3 is 1.55 bits per heavy atom.